The van der Waals surface area contributed by atoms with E-state index in [1.165, 1.54) is 4.57 Å². The molecular weight excluding hydrogens is 400 g/mol. The minimum Gasteiger partial charge on any atom is -0.385 e. The molecule has 0 fully saturated rings. The summed E-state index contributed by atoms with van der Waals surface area (Å²) in [4.78, 5) is 33.0. The summed E-state index contributed by atoms with van der Waals surface area (Å²) in [5.41, 5.74) is 2.09. The van der Waals surface area contributed by atoms with Crippen LogP contribution in [0.15, 0.2) is 59.5 Å². The zero-order valence-corrected chi connectivity index (χ0v) is 17.2. The second-order valence-electron chi connectivity index (χ2n) is 6.83. The molecule has 0 unspecified atom stereocenters. The van der Waals surface area contributed by atoms with Crippen molar-refractivity contribution in [2.24, 2.45) is 0 Å². The van der Waals surface area contributed by atoms with E-state index in [-0.39, 0.29) is 11.5 Å². The average Bonchev–Trinajstić information content (AvgIpc) is 2.76. The van der Waals surface area contributed by atoms with Gasteiger partial charge in [-0.2, -0.15) is 0 Å². The fourth-order valence-corrected chi connectivity index (χ4v) is 3.65. The van der Waals surface area contributed by atoms with Gasteiger partial charge in [-0.05, 0) is 49.0 Å². The summed E-state index contributed by atoms with van der Waals surface area (Å²) in [5, 5.41) is 4.32. The first-order valence-electron chi connectivity index (χ1n) is 9.49. The fourth-order valence-electron chi connectivity index (χ4n) is 3.37. The molecular formula is C22H20N4O3S. The molecule has 0 atom stereocenters. The zero-order valence-electron chi connectivity index (χ0n) is 16.3. The van der Waals surface area contributed by atoms with E-state index in [2.05, 4.69) is 15.3 Å². The van der Waals surface area contributed by atoms with Crippen LogP contribution in [0.3, 0.4) is 0 Å². The molecule has 7 nitrogen and oxygen atoms in total. The van der Waals surface area contributed by atoms with E-state index < -0.39 is 0 Å². The molecule has 2 aromatic heterocycles. The highest BCUT2D eigenvalue weighted by molar-refractivity contribution is 7.71. The predicted molar refractivity (Wildman–Crippen MR) is 120 cm³/mol. The Labute approximate surface area is 177 Å². The third-order valence-corrected chi connectivity index (χ3v) is 5.18. The van der Waals surface area contributed by atoms with E-state index in [9.17, 15) is 9.59 Å². The van der Waals surface area contributed by atoms with Crippen molar-refractivity contribution in [3.63, 3.8) is 0 Å². The number of benzene rings is 2. The number of carbonyl (C=O) groups excluding carboxylic acids is 1. The van der Waals surface area contributed by atoms with Gasteiger partial charge in [-0.1, -0.05) is 18.2 Å². The van der Waals surface area contributed by atoms with Gasteiger partial charge in [-0.15, -0.1) is 0 Å². The van der Waals surface area contributed by atoms with Gasteiger partial charge in [0.1, 0.15) is 0 Å². The maximum Gasteiger partial charge on any atom is 0.262 e. The first kappa shape index (κ1) is 19.9. The molecule has 0 spiro atoms. The summed E-state index contributed by atoms with van der Waals surface area (Å²) >= 11 is 5.34. The first-order chi connectivity index (χ1) is 14.6. The first-order valence-corrected chi connectivity index (χ1v) is 9.90. The van der Waals surface area contributed by atoms with Crippen LogP contribution in [-0.4, -0.2) is 34.2 Å². The van der Waals surface area contributed by atoms with Crippen molar-refractivity contribution in [2.45, 2.75) is 13.0 Å². The van der Waals surface area contributed by atoms with E-state index in [1.54, 1.807) is 37.6 Å². The number of hydrogen-bond donors (Lipinski definition) is 2. The minimum atomic E-state index is -0.293. The highest BCUT2D eigenvalue weighted by Gasteiger charge is 2.12. The van der Waals surface area contributed by atoms with Crippen molar-refractivity contribution in [3.8, 4) is 0 Å². The topological polar surface area (TPSA) is 89.0 Å². The van der Waals surface area contributed by atoms with Crippen LogP contribution in [0.1, 0.15) is 16.8 Å². The number of hydrogen-bond acceptors (Lipinski definition) is 5. The van der Waals surface area contributed by atoms with E-state index in [0.29, 0.717) is 52.0 Å². The molecule has 0 saturated heterocycles. The molecule has 2 heterocycles. The largest absolute Gasteiger partial charge is 0.385 e. The van der Waals surface area contributed by atoms with Crippen LogP contribution >= 0.6 is 12.2 Å². The predicted octanol–water partition coefficient (Wildman–Crippen LogP) is 3.90. The molecule has 2 N–H and O–H groups in total. The number of para-hydroxylation sites is 1. The summed E-state index contributed by atoms with van der Waals surface area (Å²) in [7, 11) is 1.62. The molecule has 4 aromatic rings. The third kappa shape index (κ3) is 3.87. The molecule has 0 saturated carbocycles. The van der Waals surface area contributed by atoms with Gasteiger partial charge < -0.3 is 15.0 Å². The van der Waals surface area contributed by atoms with Gasteiger partial charge in [-0.3, -0.25) is 19.1 Å². The number of aromatic nitrogens is 3. The highest BCUT2D eigenvalue weighted by Crippen LogP contribution is 2.21. The molecule has 0 radical (unpaired) electrons. The maximum absolute atomic E-state index is 12.8. The van der Waals surface area contributed by atoms with Crippen LogP contribution in [0.5, 0.6) is 0 Å². The lowest BCUT2D eigenvalue weighted by atomic mass is 10.1. The number of H-pyrrole nitrogens is 1. The molecule has 0 aliphatic carbocycles. The Morgan fingerprint density at radius 2 is 2.07 bits per heavy atom. The van der Waals surface area contributed by atoms with E-state index in [1.807, 2.05) is 24.3 Å². The van der Waals surface area contributed by atoms with Crippen molar-refractivity contribution >= 4 is 45.6 Å². The maximum atomic E-state index is 12.8. The second-order valence-corrected chi connectivity index (χ2v) is 7.22. The number of ether oxygens (including phenoxy) is 1. The molecule has 2 aromatic carbocycles. The second kappa shape index (κ2) is 8.56. The van der Waals surface area contributed by atoms with Crippen LogP contribution in [0.4, 0.5) is 5.69 Å². The van der Waals surface area contributed by atoms with Crippen molar-refractivity contribution in [2.75, 3.05) is 19.0 Å². The minimum absolute atomic E-state index is 0.185. The standard InChI is InChI=1S/C22H20N4O3S/c1-29-12-4-11-26-21(28)16-9-8-15(13-18(16)25-22(26)30)20(27)24-17-7-2-5-14-6-3-10-23-19(14)17/h2-3,5-10,13H,4,11-12H2,1H3,(H,24,27)(H,25,30). The molecule has 0 bridgehead atoms. The highest BCUT2D eigenvalue weighted by atomic mass is 32.1. The van der Waals surface area contributed by atoms with E-state index >= 15 is 0 Å². The number of nitrogens with one attached hydrogen (secondary N) is 2. The number of fused-ring (bicyclic) bond motifs is 2. The number of pyridine rings is 1. The van der Waals surface area contributed by atoms with Gasteiger partial charge in [0.05, 0.1) is 22.1 Å². The monoisotopic (exact) mass is 420 g/mol. The number of amides is 1. The Kier molecular flexibility index (Phi) is 5.69. The smallest absolute Gasteiger partial charge is 0.262 e. The Hall–Kier alpha value is -3.36. The fraction of sp³-hybridized carbons (Fsp3) is 0.182. The van der Waals surface area contributed by atoms with E-state index in [0.717, 1.165) is 5.39 Å². The summed E-state index contributed by atoms with van der Waals surface area (Å²) in [6, 6.07) is 14.3. The van der Waals surface area contributed by atoms with Crippen LogP contribution in [0.2, 0.25) is 0 Å². The van der Waals surface area contributed by atoms with Crippen molar-refractivity contribution in [3.05, 3.63) is 75.4 Å². The normalized spacial score (nSPS) is 11.1. The van der Waals surface area contributed by atoms with Gasteiger partial charge in [0.15, 0.2) is 4.77 Å². The lowest BCUT2D eigenvalue weighted by Crippen LogP contribution is -2.23. The summed E-state index contributed by atoms with van der Waals surface area (Å²) < 4.78 is 6.87. The summed E-state index contributed by atoms with van der Waals surface area (Å²) in [6.07, 6.45) is 2.37. The SMILES string of the molecule is COCCCn1c(=S)[nH]c2cc(C(=O)Nc3cccc4cccnc34)ccc2c1=O. The zero-order chi connectivity index (χ0) is 21.1. The Balaban J connectivity index is 1.66. The molecule has 30 heavy (non-hydrogen) atoms. The number of nitrogens with zero attached hydrogens (tertiary/aromatic N) is 2. The molecule has 0 aliphatic rings. The number of aromatic amines is 1. The van der Waals surface area contributed by atoms with Gasteiger partial charge >= 0.3 is 0 Å². The molecule has 152 valence electrons. The molecule has 0 aliphatic heterocycles. The Bertz CT molecular complexity index is 1350. The lowest BCUT2D eigenvalue weighted by Gasteiger charge is -2.10. The Morgan fingerprint density at radius 1 is 1.23 bits per heavy atom. The van der Waals surface area contributed by atoms with Crippen LogP contribution in [0, 0.1) is 4.77 Å². The number of methoxy groups -OCH3 is 1. The van der Waals surface area contributed by atoms with Crippen LogP contribution in [-0.2, 0) is 11.3 Å². The number of anilines is 1. The van der Waals surface area contributed by atoms with Gasteiger partial charge in [-0.25, -0.2) is 0 Å². The van der Waals surface area contributed by atoms with Gasteiger partial charge in [0, 0.05) is 37.4 Å². The van der Waals surface area contributed by atoms with Crippen molar-refractivity contribution < 1.29 is 9.53 Å². The third-order valence-electron chi connectivity index (χ3n) is 4.86. The number of rotatable bonds is 6. The van der Waals surface area contributed by atoms with Gasteiger partial charge in [0.25, 0.3) is 11.5 Å². The molecule has 1 amide bonds. The lowest BCUT2D eigenvalue weighted by molar-refractivity contribution is 0.102. The summed E-state index contributed by atoms with van der Waals surface area (Å²) in [6.45, 7) is 1.01. The van der Waals surface area contributed by atoms with E-state index in [4.69, 9.17) is 17.0 Å². The molecule has 8 heteroatoms. The van der Waals surface area contributed by atoms with Crippen LogP contribution in [0.25, 0.3) is 21.8 Å². The quantitative estimate of drug-likeness (QED) is 0.365. The van der Waals surface area contributed by atoms with Gasteiger partial charge in [0.2, 0.25) is 0 Å². The summed E-state index contributed by atoms with van der Waals surface area (Å²) in [5.74, 6) is -0.293. The van der Waals surface area contributed by atoms with Crippen molar-refractivity contribution in [1.29, 1.82) is 0 Å². The Morgan fingerprint density at radius 3 is 2.90 bits per heavy atom. The average molecular weight is 420 g/mol. The number of carbonyl (C=O) groups is 1. The molecule has 4 rings (SSSR count). The van der Waals surface area contributed by atoms with Crippen molar-refractivity contribution in [1.82, 2.24) is 14.5 Å². The van der Waals surface area contributed by atoms with Crippen LogP contribution < -0.4 is 10.9 Å².